The van der Waals surface area contributed by atoms with Crippen LogP contribution in [0.3, 0.4) is 0 Å². The predicted octanol–water partition coefficient (Wildman–Crippen LogP) is 4.68. The van der Waals surface area contributed by atoms with Crippen LogP contribution in [0.5, 0.6) is 0 Å². The molecular weight excluding hydrogens is 587 g/mol. The summed E-state index contributed by atoms with van der Waals surface area (Å²) in [6, 6.07) is 15.1. The van der Waals surface area contributed by atoms with Crippen molar-refractivity contribution in [1.82, 2.24) is 25.2 Å². The smallest absolute Gasteiger partial charge is 0.259 e. The van der Waals surface area contributed by atoms with Gasteiger partial charge in [0.05, 0.1) is 33.7 Å². The molecule has 218 valence electrons. The van der Waals surface area contributed by atoms with Crippen LogP contribution >= 0.6 is 24.8 Å². The van der Waals surface area contributed by atoms with Gasteiger partial charge >= 0.3 is 0 Å². The standard InChI is InChI=1S/C32H26N6O3.2ClH/c33-21(12-16-4-2-10-34-14-16)30(39)35-15-17-8-9-19-22(13-17)36-27-23(19)25-26(32(41)37-31(25)40)24-20-7-1-5-18-6-3-11-38(28(18)20)29(24)27;;/h1-2,4-5,7-10,13-14,21,36H,3,6,11-12,15,33H2,(H,35,39)(H,37,40,41);2*1H. The normalized spacial score (nSPS) is 14.4. The predicted molar refractivity (Wildman–Crippen MR) is 171 cm³/mol. The second-order valence-electron chi connectivity index (χ2n) is 11.0. The Bertz CT molecular complexity index is 2120. The van der Waals surface area contributed by atoms with Gasteiger partial charge in [-0.1, -0.05) is 36.4 Å². The third kappa shape index (κ3) is 4.26. The Morgan fingerprint density at radius 3 is 2.58 bits per heavy atom. The van der Waals surface area contributed by atoms with Gasteiger partial charge in [0.1, 0.15) is 0 Å². The summed E-state index contributed by atoms with van der Waals surface area (Å²) in [5, 5.41) is 8.94. The van der Waals surface area contributed by atoms with E-state index in [2.05, 4.69) is 31.2 Å². The van der Waals surface area contributed by atoms with Crippen LogP contribution in [0.25, 0.3) is 43.6 Å². The SMILES string of the molecule is Cl.Cl.NC(Cc1cccnc1)C(=O)NCc1ccc2c(c1)[nH]c1c2c2c(c3c4cccc5c4n(c13)CCC5)C(=O)NC2=O. The number of hydrogen-bond donors (Lipinski definition) is 4. The molecule has 1 unspecified atom stereocenters. The molecule has 2 aliphatic heterocycles. The minimum Gasteiger partial charge on any atom is -0.353 e. The Kier molecular flexibility index (Phi) is 7.12. The number of pyridine rings is 1. The molecule has 5 N–H and O–H groups in total. The van der Waals surface area contributed by atoms with Crippen LogP contribution < -0.4 is 16.4 Å². The molecule has 3 amide bonds. The highest BCUT2D eigenvalue weighted by Crippen LogP contribution is 2.45. The van der Waals surface area contributed by atoms with Gasteiger partial charge < -0.3 is 20.6 Å². The van der Waals surface area contributed by atoms with Crippen LogP contribution in [0.1, 0.15) is 43.8 Å². The van der Waals surface area contributed by atoms with Gasteiger partial charge in [0.2, 0.25) is 5.91 Å². The molecular formula is C32H28Cl2N6O3. The zero-order valence-electron chi connectivity index (χ0n) is 22.9. The van der Waals surface area contributed by atoms with E-state index in [1.807, 2.05) is 42.5 Å². The minimum absolute atomic E-state index is 0. The molecule has 1 atom stereocenters. The fourth-order valence-electron chi connectivity index (χ4n) is 6.76. The molecule has 9 nitrogen and oxygen atoms in total. The third-order valence-corrected chi connectivity index (χ3v) is 8.51. The van der Waals surface area contributed by atoms with Gasteiger partial charge in [0.25, 0.3) is 11.8 Å². The fourth-order valence-corrected chi connectivity index (χ4v) is 6.76. The van der Waals surface area contributed by atoms with Crippen molar-refractivity contribution in [3.8, 4) is 0 Å². The number of nitrogens with zero attached hydrogens (tertiary/aromatic N) is 2. The average molecular weight is 616 g/mol. The van der Waals surface area contributed by atoms with Gasteiger partial charge in [-0.3, -0.25) is 24.7 Å². The number of nitrogens with two attached hydrogens (primary N) is 1. The number of imide groups is 1. The van der Waals surface area contributed by atoms with E-state index in [0.717, 1.165) is 74.1 Å². The minimum atomic E-state index is -0.687. The van der Waals surface area contributed by atoms with E-state index in [4.69, 9.17) is 5.73 Å². The first-order chi connectivity index (χ1) is 20.0. The number of aromatic amines is 1. The first-order valence-corrected chi connectivity index (χ1v) is 13.8. The number of para-hydroxylation sites is 1. The number of carbonyl (C=O) groups excluding carboxylic acids is 3. The monoisotopic (exact) mass is 614 g/mol. The van der Waals surface area contributed by atoms with E-state index in [9.17, 15) is 14.4 Å². The summed E-state index contributed by atoms with van der Waals surface area (Å²) >= 11 is 0. The summed E-state index contributed by atoms with van der Waals surface area (Å²) in [6.45, 7) is 1.15. The number of H-pyrrole nitrogens is 1. The van der Waals surface area contributed by atoms with Crippen molar-refractivity contribution < 1.29 is 14.4 Å². The largest absolute Gasteiger partial charge is 0.353 e. The van der Waals surface area contributed by atoms with E-state index in [1.165, 1.54) is 5.56 Å². The third-order valence-electron chi connectivity index (χ3n) is 8.51. The Morgan fingerprint density at radius 2 is 1.79 bits per heavy atom. The summed E-state index contributed by atoms with van der Waals surface area (Å²) < 4.78 is 2.31. The van der Waals surface area contributed by atoms with Crippen molar-refractivity contribution in [3.63, 3.8) is 0 Å². The summed E-state index contributed by atoms with van der Waals surface area (Å²) in [6.07, 6.45) is 5.79. The highest BCUT2D eigenvalue weighted by Gasteiger charge is 2.36. The van der Waals surface area contributed by atoms with Crippen LogP contribution in [-0.2, 0) is 30.7 Å². The number of aryl methyl sites for hydroxylation is 2. The van der Waals surface area contributed by atoms with Crippen LogP contribution in [0, 0.1) is 0 Å². The Hall–Kier alpha value is -4.44. The molecule has 0 radical (unpaired) electrons. The average Bonchev–Trinajstić information content (AvgIpc) is 3.62. The molecule has 6 aromatic rings. The van der Waals surface area contributed by atoms with Gasteiger partial charge in [-0.15, -0.1) is 24.8 Å². The van der Waals surface area contributed by atoms with Crippen LogP contribution in [0.15, 0.2) is 60.9 Å². The van der Waals surface area contributed by atoms with E-state index in [0.29, 0.717) is 24.1 Å². The van der Waals surface area contributed by atoms with Crippen molar-refractivity contribution in [2.24, 2.45) is 5.73 Å². The second kappa shape index (κ2) is 10.7. The Balaban J connectivity index is 0.00000165. The molecule has 0 saturated carbocycles. The van der Waals surface area contributed by atoms with Crippen molar-refractivity contribution in [3.05, 3.63) is 88.7 Å². The molecule has 3 aromatic heterocycles. The van der Waals surface area contributed by atoms with E-state index >= 15 is 0 Å². The van der Waals surface area contributed by atoms with E-state index < -0.39 is 6.04 Å². The molecule has 0 saturated heterocycles. The lowest BCUT2D eigenvalue weighted by Gasteiger charge is -2.16. The lowest BCUT2D eigenvalue weighted by Crippen LogP contribution is -2.41. The van der Waals surface area contributed by atoms with Gasteiger partial charge in [0.15, 0.2) is 0 Å². The zero-order valence-corrected chi connectivity index (χ0v) is 24.5. The van der Waals surface area contributed by atoms with Crippen LogP contribution in [-0.4, -0.2) is 38.3 Å². The quantitative estimate of drug-likeness (QED) is 0.209. The van der Waals surface area contributed by atoms with Crippen LogP contribution in [0.2, 0.25) is 0 Å². The number of rotatable bonds is 5. The zero-order chi connectivity index (χ0) is 27.8. The maximum absolute atomic E-state index is 13.2. The number of nitrogens with one attached hydrogen (secondary N) is 3. The number of hydrogen-bond acceptors (Lipinski definition) is 5. The molecule has 8 rings (SSSR count). The second-order valence-corrected chi connectivity index (χ2v) is 11.0. The maximum atomic E-state index is 13.2. The van der Waals surface area contributed by atoms with E-state index in [1.54, 1.807) is 12.4 Å². The van der Waals surface area contributed by atoms with Gasteiger partial charge in [0, 0.05) is 52.5 Å². The molecule has 0 aliphatic carbocycles. The fraction of sp³-hybridized carbons (Fsp3) is 0.188. The van der Waals surface area contributed by atoms with Crippen molar-refractivity contribution in [2.75, 3.05) is 0 Å². The first-order valence-electron chi connectivity index (χ1n) is 13.8. The molecule has 5 heterocycles. The molecule has 0 fully saturated rings. The summed E-state index contributed by atoms with van der Waals surface area (Å²) in [5.41, 5.74) is 13.9. The van der Waals surface area contributed by atoms with Crippen molar-refractivity contribution in [2.45, 2.75) is 38.4 Å². The van der Waals surface area contributed by atoms with Gasteiger partial charge in [-0.25, -0.2) is 0 Å². The molecule has 11 heteroatoms. The highest BCUT2D eigenvalue weighted by atomic mass is 35.5. The van der Waals surface area contributed by atoms with E-state index in [-0.39, 0.29) is 42.5 Å². The number of halogens is 2. The van der Waals surface area contributed by atoms with Gasteiger partial charge in [-0.05, 0) is 48.1 Å². The Labute approximate surface area is 258 Å². The highest BCUT2D eigenvalue weighted by molar-refractivity contribution is 6.39. The summed E-state index contributed by atoms with van der Waals surface area (Å²) in [5.74, 6) is -0.962. The first kappa shape index (κ1) is 28.7. The van der Waals surface area contributed by atoms with Crippen molar-refractivity contribution >= 4 is 86.1 Å². The molecule has 3 aromatic carbocycles. The lowest BCUT2D eigenvalue weighted by molar-refractivity contribution is -0.122. The lowest BCUT2D eigenvalue weighted by atomic mass is 9.96. The summed E-state index contributed by atoms with van der Waals surface area (Å²) in [7, 11) is 0. The number of aromatic nitrogens is 3. The molecule has 43 heavy (non-hydrogen) atoms. The van der Waals surface area contributed by atoms with Crippen LogP contribution in [0.4, 0.5) is 0 Å². The number of carbonyl (C=O) groups is 3. The summed E-state index contributed by atoms with van der Waals surface area (Å²) in [4.78, 5) is 46.8. The molecule has 2 aliphatic rings. The molecule has 0 spiro atoms. The number of benzene rings is 3. The van der Waals surface area contributed by atoms with Crippen molar-refractivity contribution in [1.29, 1.82) is 0 Å². The molecule has 0 bridgehead atoms. The topological polar surface area (TPSA) is 135 Å². The van der Waals surface area contributed by atoms with Gasteiger partial charge in [-0.2, -0.15) is 0 Å². The number of fused-ring (bicyclic) bond motifs is 10. The Morgan fingerprint density at radius 1 is 0.977 bits per heavy atom. The maximum Gasteiger partial charge on any atom is 0.259 e. The number of amides is 3.